The van der Waals surface area contributed by atoms with Crippen LogP contribution in [0.15, 0.2) is 25.3 Å². The average molecular weight is 339 g/mol. The van der Waals surface area contributed by atoms with Crippen molar-refractivity contribution in [2.24, 2.45) is 11.3 Å². The molecule has 0 aliphatic carbocycles. The van der Waals surface area contributed by atoms with Crippen LogP contribution in [0.1, 0.15) is 47.5 Å². The molecular weight excluding hydrogens is 306 g/mol. The fourth-order valence-corrected chi connectivity index (χ4v) is 3.46. The Morgan fingerprint density at radius 3 is 2.46 bits per heavy atom. The van der Waals surface area contributed by atoms with Gasteiger partial charge in [0.25, 0.3) is 0 Å². The molecule has 0 aromatic carbocycles. The van der Waals surface area contributed by atoms with Gasteiger partial charge in [-0.05, 0) is 38.0 Å². The molecule has 0 saturated carbocycles. The van der Waals surface area contributed by atoms with Crippen molar-refractivity contribution in [2.75, 3.05) is 13.2 Å². The zero-order valence-corrected chi connectivity index (χ0v) is 15.7. The molecule has 1 aliphatic heterocycles. The second-order valence-electron chi connectivity index (χ2n) is 8.02. The van der Waals surface area contributed by atoms with E-state index in [1.165, 1.54) is 4.90 Å². The van der Waals surface area contributed by atoms with Crippen LogP contribution in [0.5, 0.6) is 0 Å². The summed E-state index contributed by atoms with van der Waals surface area (Å²) in [7, 11) is 0. The number of hydrogen-bond acceptors (Lipinski definition) is 3. The molecule has 1 rings (SSSR count). The van der Waals surface area contributed by atoms with Gasteiger partial charge in [-0.3, -0.25) is 4.90 Å². The summed E-state index contributed by atoms with van der Waals surface area (Å²) in [5.74, 6) is 0.191. The summed E-state index contributed by atoms with van der Waals surface area (Å²) >= 11 is 0. The molecule has 1 fully saturated rings. The lowest BCUT2D eigenvalue weighted by Gasteiger charge is -2.34. The first-order valence-electron chi connectivity index (χ1n) is 8.54. The maximum Gasteiger partial charge on any atom is 0.409 e. The van der Waals surface area contributed by atoms with Gasteiger partial charge in [-0.1, -0.05) is 32.9 Å². The van der Waals surface area contributed by atoms with E-state index in [0.717, 1.165) is 6.42 Å². The Balaban J connectivity index is 3.03. The number of amides is 1. The Labute approximate surface area is 146 Å². The minimum atomic E-state index is -0.943. The van der Waals surface area contributed by atoms with Crippen molar-refractivity contribution in [2.45, 2.75) is 65.3 Å². The molecular formula is C19H33NO4. The number of allylic oxidation sites excluding steroid dienone is 1. The molecule has 5 heteroatoms. The summed E-state index contributed by atoms with van der Waals surface area (Å²) in [6.45, 7) is 18.4. The van der Waals surface area contributed by atoms with E-state index in [1.807, 2.05) is 19.9 Å². The van der Waals surface area contributed by atoms with E-state index in [4.69, 9.17) is 9.47 Å². The molecule has 1 aliphatic rings. The first-order chi connectivity index (χ1) is 11.0. The largest absolute Gasteiger partial charge is 0.465 e. The second-order valence-corrected chi connectivity index (χ2v) is 8.02. The zero-order chi connectivity index (χ0) is 18.5. The fraction of sp³-hybridized carbons (Fsp3) is 0.737. The first kappa shape index (κ1) is 20.7. The standard InChI is InChI=1S/C19H33NO4/c1-8-10-14(13-23-11-9-2)12-15-16(18(3,4)5)24-19(6,7)20(15)17(21)22/h8-9,14-16H,1-2,10-13H2,3-7H3,(H,21,22)/t14-,15?,16?/m0/s1. The number of ether oxygens (including phenoxy) is 2. The van der Waals surface area contributed by atoms with Crippen LogP contribution >= 0.6 is 0 Å². The maximum atomic E-state index is 11.9. The molecule has 1 saturated heterocycles. The lowest BCUT2D eigenvalue weighted by atomic mass is 9.81. The molecule has 3 atom stereocenters. The molecule has 1 heterocycles. The predicted molar refractivity (Wildman–Crippen MR) is 96.0 cm³/mol. The van der Waals surface area contributed by atoms with Crippen LogP contribution in [0.4, 0.5) is 4.79 Å². The van der Waals surface area contributed by atoms with Crippen molar-refractivity contribution >= 4 is 6.09 Å². The molecule has 1 amide bonds. The third-order valence-corrected chi connectivity index (χ3v) is 4.40. The van der Waals surface area contributed by atoms with E-state index in [2.05, 4.69) is 33.9 Å². The van der Waals surface area contributed by atoms with Crippen LogP contribution in [0.3, 0.4) is 0 Å². The van der Waals surface area contributed by atoms with Gasteiger partial charge >= 0.3 is 6.09 Å². The van der Waals surface area contributed by atoms with Gasteiger partial charge in [0, 0.05) is 0 Å². The minimum Gasteiger partial charge on any atom is -0.465 e. The quantitative estimate of drug-likeness (QED) is 0.529. The van der Waals surface area contributed by atoms with Gasteiger partial charge in [0.05, 0.1) is 25.4 Å². The lowest BCUT2D eigenvalue weighted by Crippen LogP contribution is -2.49. The van der Waals surface area contributed by atoms with Gasteiger partial charge in [-0.15, -0.1) is 13.2 Å². The number of rotatable bonds is 8. The van der Waals surface area contributed by atoms with Crippen LogP contribution in [0.2, 0.25) is 0 Å². The van der Waals surface area contributed by atoms with Crippen LogP contribution in [-0.4, -0.2) is 47.2 Å². The number of carboxylic acid groups (broad SMARTS) is 1. The van der Waals surface area contributed by atoms with Crippen molar-refractivity contribution in [1.82, 2.24) is 4.90 Å². The summed E-state index contributed by atoms with van der Waals surface area (Å²) in [4.78, 5) is 13.3. The Morgan fingerprint density at radius 2 is 2.00 bits per heavy atom. The van der Waals surface area contributed by atoms with Crippen molar-refractivity contribution < 1.29 is 19.4 Å². The van der Waals surface area contributed by atoms with E-state index >= 15 is 0 Å². The summed E-state index contributed by atoms with van der Waals surface area (Å²) in [6.07, 6.45) is 3.92. The smallest absolute Gasteiger partial charge is 0.409 e. The predicted octanol–water partition coefficient (Wildman–Crippen LogP) is 4.30. The Bertz CT molecular complexity index is 453. The molecule has 0 aromatic heterocycles. The van der Waals surface area contributed by atoms with Crippen molar-refractivity contribution in [3.63, 3.8) is 0 Å². The van der Waals surface area contributed by atoms with Gasteiger partial charge in [-0.25, -0.2) is 4.79 Å². The summed E-state index contributed by atoms with van der Waals surface area (Å²) in [6, 6.07) is -0.213. The SMILES string of the molecule is C=CCOC[C@@H](CC=C)CC1C(C(C)(C)C)OC(C)(C)N1C(=O)O. The summed E-state index contributed by atoms with van der Waals surface area (Å²) in [5, 5.41) is 9.74. The number of carbonyl (C=O) groups is 1. The molecule has 138 valence electrons. The van der Waals surface area contributed by atoms with Crippen LogP contribution in [-0.2, 0) is 9.47 Å². The molecule has 0 aromatic rings. The molecule has 5 nitrogen and oxygen atoms in total. The molecule has 0 bridgehead atoms. The topological polar surface area (TPSA) is 59.0 Å². The minimum absolute atomic E-state index is 0.160. The molecule has 1 N–H and O–H groups in total. The summed E-state index contributed by atoms with van der Waals surface area (Å²) < 4.78 is 11.8. The maximum absolute atomic E-state index is 11.9. The van der Waals surface area contributed by atoms with Gasteiger partial charge in [0.1, 0.15) is 5.72 Å². The van der Waals surface area contributed by atoms with E-state index < -0.39 is 11.8 Å². The van der Waals surface area contributed by atoms with Crippen molar-refractivity contribution in [3.8, 4) is 0 Å². The normalized spacial score (nSPS) is 24.6. The van der Waals surface area contributed by atoms with E-state index in [1.54, 1.807) is 6.08 Å². The zero-order valence-electron chi connectivity index (χ0n) is 15.7. The molecule has 0 spiro atoms. The Kier molecular flexibility index (Phi) is 7.05. The van der Waals surface area contributed by atoms with Crippen LogP contribution in [0, 0.1) is 11.3 Å². The van der Waals surface area contributed by atoms with Gasteiger partial charge in [-0.2, -0.15) is 0 Å². The van der Waals surface area contributed by atoms with Crippen LogP contribution < -0.4 is 0 Å². The highest BCUT2D eigenvalue weighted by Crippen LogP contribution is 2.42. The van der Waals surface area contributed by atoms with E-state index in [0.29, 0.717) is 19.6 Å². The molecule has 24 heavy (non-hydrogen) atoms. The third-order valence-electron chi connectivity index (χ3n) is 4.40. The monoisotopic (exact) mass is 339 g/mol. The highest BCUT2D eigenvalue weighted by atomic mass is 16.6. The highest BCUT2D eigenvalue weighted by molar-refractivity contribution is 5.67. The number of hydrogen-bond donors (Lipinski definition) is 1. The van der Waals surface area contributed by atoms with Crippen LogP contribution in [0.25, 0.3) is 0 Å². The van der Waals surface area contributed by atoms with Gasteiger partial charge in [0.2, 0.25) is 0 Å². The second kappa shape index (κ2) is 8.17. The van der Waals surface area contributed by atoms with Crippen molar-refractivity contribution in [3.05, 3.63) is 25.3 Å². The Morgan fingerprint density at radius 1 is 1.38 bits per heavy atom. The lowest BCUT2D eigenvalue weighted by molar-refractivity contribution is -0.0925. The number of nitrogens with zero attached hydrogens (tertiary/aromatic N) is 1. The fourth-order valence-electron chi connectivity index (χ4n) is 3.46. The molecule has 2 unspecified atom stereocenters. The average Bonchev–Trinajstić information content (AvgIpc) is 2.70. The van der Waals surface area contributed by atoms with Gasteiger partial charge in [0.15, 0.2) is 0 Å². The summed E-state index contributed by atoms with van der Waals surface area (Å²) in [5.41, 5.74) is -0.998. The highest BCUT2D eigenvalue weighted by Gasteiger charge is 2.53. The third kappa shape index (κ3) is 5.08. The van der Waals surface area contributed by atoms with Crippen molar-refractivity contribution in [1.29, 1.82) is 0 Å². The van der Waals surface area contributed by atoms with E-state index in [9.17, 15) is 9.90 Å². The first-order valence-corrected chi connectivity index (χ1v) is 8.54. The Hall–Kier alpha value is -1.33. The molecule has 0 radical (unpaired) electrons. The van der Waals surface area contributed by atoms with E-state index in [-0.39, 0.29) is 23.5 Å². The van der Waals surface area contributed by atoms with Gasteiger partial charge < -0.3 is 14.6 Å².